The van der Waals surface area contributed by atoms with E-state index in [1.807, 2.05) is 18.2 Å². The molecule has 2 rings (SSSR count). The molecule has 0 aliphatic carbocycles. The van der Waals surface area contributed by atoms with E-state index in [2.05, 4.69) is 5.32 Å². The van der Waals surface area contributed by atoms with E-state index in [1.54, 1.807) is 33.9 Å². The first-order valence-electron chi connectivity index (χ1n) is 9.04. The summed E-state index contributed by atoms with van der Waals surface area (Å²) in [6.07, 6.45) is 0.417. The van der Waals surface area contributed by atoms with Gasteiger partial charge in [0, 0.05) is 24.7 Å². The van der Waals surface area contributed by atoms with Crippen LogP contribution in [-0.2, 0) is 26.0 Å². The van der Waals surface area contributed by atoms with Gasteiger partial charge in [0.2, 0.25) is 11.8 Å². The number of hydrogen-bond donors (Lipinski definition) is 1. The van der Waals surface area contributed by atoms with Gasteiger partial charge in [-0.1, -0.05) is 18.2 Å². The summed E-state index contributed by atoms with van der Waals surface area (Å²) in [6, 6.07) is 6.97. The smallest absolute Gasteiger partial charge is 0.237 e. The second kappa shape index (κ2) is 8.29. The van der Waals surface area contributed by atoms with Gasteiger partial charge in [0.05, 0.1) is 18.6 Å². The summed E-state index contributed by atoms with van der Waals surface area (Å²) in [5, 5.41) is 2.80. The molecule has 0 spiro atoms. The van der Waals surface area contributed by atoms with Crippen molar-refractivity contribution in [2.75, 3.05) is 25.2 Å². The Hall–Kier alpha value is -2.09. The van der Waals surface area contributed by atoms with Crippen LogP contribution in [0.15, 0.2) is 24.3 Å². The van der Waals surface area contributed by atoms with Gasteiger partial charge in [-0.15, -0.1) is 0 Å². The lowest BCUT2D eigenvalue weighted by atomic mass is 9.89. The Kier molecular flexibility index (Phi) is 6.51. The Bertz CT molecular complexity index is 804. The topological polar surface area (TPSA) is 92.8 Å². The van der Waals surface area contributed by atoms with E-state index in [4.69, 9.17) is 4.74 Å². The number of nitrogens with zero attached hydrogens (tertiary/aromatic N) is 1. The van der Waals surface area contributed by atoms with E-state index in [0.717, 1.165) is 5.56 Å². The molecule has 7 nitrogen and oxygen atoms in total. The molecule has 2 amide bonds. The molecule has 1 unspecified atom stereocenters. The molecule has 0 radical (unpaired) electrons. The number of rotatable bonds is 7. The number of benzene rings is 1. The number of methoxy groups -OCH3 is 1. The maximum atomic E-state index is 13.0. The monoisotopic (exact) mass is 396 g/mol. The Morgan fingerprint density at radius 3 is 2.52 bits per heavy atom. The zero-order valence-electron chi connectivity index (χ0n) is 16.3. The first kappa shape index (κ1) is 21.2. The number of amides is 2. The third-order valence-corrected chi connectivity index (χ3v) is 6.74. The minimum atomic E-state index is -3.11. The van der Waals surface area contributed by atoms with Crippen LogP contribution in [0.3, 0.4) is 0 Å². The molecule has 1 fully saturated rings. The van der Waals surface area contributed by atoms with Gasteiger partial charge in [-0.25, -0.2) is 8.42 Å². The van der Waals surface area contributed by atoms with Crippen LogP contribution in [0.1, 0.15) is 32.8 Å². The molecular weight excluding hydrogens is 368 g/mol. The molecule has 1 aromatic rings. The first-order valence-corrected chi connectivity index (χ1v) is 10.9. The van der Waals surface area contributed by atoms with Crippen molar-refractivity contribution in [1.29, 1.82) is 0 Å². The summed E-state index contributed by atoms with van der Waals surface area (Å²) < 4.78 is 28.8. The number of carbonyl (C=O) groups is 2. The van der Waals surface area contributed by atoms with Gasteiger partial charge in [0.1, 0.15) is 11.2 Å². The van der Waals surface area contributed by atoms with Gasteiger partial charge < -0.3 is 15.0 Å². The minimum absolute atomic E-state index is 0.0362. The molecule has 1 saturated heterocycles. The fourth-order valence-corrected chi connectivity index (χ4v) is 5.02. The number of sulfone groups is 1. The molecule has 1 aliphatic rings. The lowest BCUT2D eigenvalue weighted by Gasteiger charge is -2.34. The fraction of sp³-hybridized carbons (Fsp3) is 0.579. The van der Waals surface area contributed by atoms with Crippen LogP contribution in [0, 0.1) is 5.41 Å². The maximum absolute atomic E-state index is 13.0. The van der Waals surface area contributed by atoms with Crippen LogP contribution in [0.4, 0.5) is 0 Å². The predicted octanol–water partition coefficient (Wildman–Crippen LogP) is 1.37. The number of nitrogens with one attached hydrogen (secondary N) is 1. The van der Waals surface area contributed by atoms with Crippen molar-refractivity contribution in [1.82, 2.24) is 10.2 Å². The van der Waals surface area contributed by atoms with Crippen molar-refractivity contribution in [3.8, 4) is 5.75 Å². The summed E-state index contributed by atoms with van der Waals surface area (Å²) in [6.45, 7) is 5.54. The average Bonchev–Trinajstić information content (AvgIpc) is 2.99. The molecule has 0 bridgehead atoms. The van der Waals surface area contributed by atoms with E-state index in [1.165, 1.54) is 4.90 Å². The molecular formula is C19H28N2O5S. The van der Waals surface area contributed by atoms with Crippen LogP contribution >= 0.6 is 0 Å². The van der Waals surface area contributed by atoms with E-state index < -0.39 is 21.2 Å². The summed E-state index contributed by atoms with van der Waals surface area (Å²) in [5.41, 5.74) is -0.490. The van der Waals surface area contributed by atoms with Gasteiger partial charge in [-0.2, -0.15) is 0 Å². The Morgan fingerprint density at radius 2 is 1.96 bits per heavy atom. The van der Waals surface area contributed by atoms with Crippen molar-refractivity contribution >= 4 is 21.7 Å². The molecule has 1 N–H and O–H groups in total. The second-order valence-electron chi connectivity index (χ2n) is 7.27. The molecule has 0 saturated carbocycles. The molecule has 1 aliphatic heterocycles. The third-order valence-electron chi connectivity index (χ3n) is 4.98. The number of carbonyl (C=O) groups excluding carboxylic acids is 2. The van der Waals surface area contributed by atoms with E-state index in [0.29, 0.717) is 18.7 Å². The van der Waals surface area contributed by atoms with Gasteiger partial charge in [0.25, 0.3) is 0 Å². The third kappa shape index (κ3) is 4.80. The standard InChI is InChI=1S/C19H28N2O5S/c1-5-21(15-10-11-27(24,25)13-15)18(23)19(2,3)17(22)20-12-14-8-6-7-9-16(14)26-4/h6-9,15H,5,10-13H2,1-4H3,(H,20,22). The molecule has 0 aromatic heterocycles. The lowest BCUT2D eigenvalue weighted by Crippen LogP contribution is -2.52. The Morgan fingerprint density at radius 1 is 1.30 bits per heavy atom. The van der Waals surface area contributed by atoms with Gasteiger partial charge in [0.15, 0.2) is 9.84 Å². The Labute approximate surface area is 161 Å². The normalized spacial score (nSPS) is 18.7. The van der Waals surface area contributed by atoms with Crippen molar-refractivity contribution in [2.24, 2.45) is 5.41 Å². The highest BCUT2D eigenvalue weighted by molar-refractivity contribution is 7.91. The largest absolute Gasteiger partial charge is 0.496 e. The van der Waals surface area contributed by atoms with Crippen LogP contribution in [-0.4, -0.2) is 56.3 Å². The van der Waals surface area contributed by atoms with Crippen LogP contribution < -0.4 is 10.1 Å². The zero-order chi connectivity index (χ0) is 20.2. The van der Waals surface area contributed by atoms with Gasteiger partial charge >= 0.3 is 0 Å². The highest BCUT2D eigenvalue weighted by atomic mass is 32.2. The molecule has 1 atom stereocenters. The molecule has 1 aromatic carbocycles. The highest BCUT2D eigenvalue weighted by Crippen LogP contribution is 2.26. The number of hydrogen-bond acceptors (Lipinski definition) is 5. The van der Waals surface area contributed by atoms with Crippen LogP contribution in [0.5, 0.6) is 5.75 Å². The minimum Gasteiger partial charge on any atom is -0.496 e. The molecule has 1 heterocycles. The summed E-state index contributed by atoms with van der Waals surface area (Å²) >= 11 is 0. The van der Waals surface area contributed by atoms with Crippen LogP contribution in [0.2, 0.25) is 0 Å². The van der Waals surface area contributed by atoms with E-state index in [-0.39, 0.29) is 30.0 Å². The maximum Gasteiger partial charge on any atom is 0.237 e. The first-order chi connectivity index (χ1) is 12.6. The van der Waals surface area contributed by atoms with E-state index >= 15 is 0 Å². The highest BCUT2D eigenvalue weighted by Gasteiger charge is 2.43. The van der Waals surface area contributed by atoms with Crippen molar-refractivity contribution in [3.63, 3.8) is 0 Å². The van der Waals surface area contributed by atoms with E-state index in [9.17, 15) is 18.0 Å². The summed E-state index contributed by atoms with van der Waals surface area (Å²) in [4.78, 5) is 27.3. The van der Waals surface area contributed by atoms with Crippen molar-refractivity contribution in [3.05, 3.63) is 29.8 Å². The van der Waals surface area contributed by atoms with Crippen molar-refractivity contribution < 1.29 is 22.7 Å². The number of para-hydroxylation sites is 1. The summed E-state index contributed by atoms with van der Waals surface area (Å²) in [5.74, 6) is -0.0523. The molecule has 150 valence electrons. The lowest BCUT2D eigenvalue weighted by molar-refractivity contribution is -0.149. The molecule has 8 heteroatoms. The zero-order valence-corrected chi connectivity index (χ0v) is 17.1. The second-order valence-corrected chi connectivity index (χ2v) is 9.50. The van der Waals surface area contributed by atoms with Gasteiger partial charge in [-0.3, -0.25) is 9.59 Å². The van der Waals surface area contributed by atoms with Gasteiger partial charge in [-0.05, 0) is 33.3 Å². The SMILES string of the molecule is CCN(C(=O)C(C)(C)C(=O)NCc1ccccc1OC)C1CCS(=O)(=O)C1. The average molecular weight is 397 g/mol. The van der Waals surface area contributed by atoms with Crippen molar-refractivity contribution in [2.45, 2.75) is 39.8 Å². The molecule has 27 heavy (non-hydrogen) atoms. The Balaban J connectivity index is 2.08. The van der Waals surface area contributed by atoms with Crippen LogP contribution in [0.25, 0.3) is 0 Å². The summed E-state index contributed by atoms with van der Waals surface area (Å²) in [7, 11) is -1.55. The fourth-order valence-electron chi connectivity index (χ4n) is 3.29. The predicted molar refractivity (Wildman–Crippen MR) is 103 cm³/mol. The quantitative estimate of drug-likeness (QED) is 0.703. The number of ether oxygens (including phenoxy) is 1.